The molecule has 0 fully saturated rings. The van der Waals surface area contributed by atoms with Crippen molar-refractivity contribution in [2.45, 2.75) is 25.5 Å². The lowest BCUT2D eigenvalue weighted by molar-refractivity contribution is -0.174. The minimum atomic E-state index is -3.86. The van der Waals surface area contributed by atoms with Crippen molar-refractivity contribution in [1.29, 1.82) is 0 Å². The van der Waals surface area contributed by atoms with Gasteiger partial charge in [0.25, 0.3) is 0 Å². The van der Waals surface area contributed by atoms with E-state index in [4.69, 9.17) is 15.2 Å². The van der Waals surface area contributed by atoms with Gasteiger partial charge >= 0.3 is 11.9 Å². The van der Waals surface area contributed by atoms with Crippen molar-refractivity contribution in [3.63, 3.8) is 0 Å². The third-order valence-corrected chi connectivity index (χ3v) is 3.72. The van der Waals surface area contributed by atoms with Gasteiger partial charge in [0.2, 0.25) is 0 Å². The summed E-state index contributed by atoms with van der Waals surface area (Å²) in [5.74, 6) is -4.89. The largest absolute Gasteiger partial charge is 0.493 e. The molecule has 0 spiro atoms. The lowest BCUT2D eigenvalue weighted by atomic mass is 10.0. The number of methoxy groups -OCH3 is 1. The predicted molar refractivity (Wildman–Crippen MR) is 99.5 cm³/mol. The van der Waals surface area contributed by atoms with Crippen LogP contribution in [0.3, 0.4) is 0 Å². The third kappa shape index (κ3) is 5.55. The predicted octanol–water partition coefficient (Wildman–Crippen LogP) is 3.89. The average Bonchev–Trinajstić information content (AvgIpc) is 2.66. The highest BCUT2D eigenvalue weighted by molar-refractivity contribution is 5.85. The fourth-order valence-electron chi connectivity index (χ4n) is 2.30. The molecule has 0 bridgehead atoms. The fourth-order valence-corrected chi connectivity index (χ4v) is 2.30. The lowest BCUT2D eigenvalue weighted by Crippen LogP contribution is -2.41. The zero-order chi connectivity index (χ0) is 19.2. The minimum Gasteiger partial charge on any atom is -0.493 e. The van der Waals surface area contributed by atoms with E-state index in [1.807, 2.05) is 30.3 Å². The van der Waals surface area contributed by atoms with Crippen LogP contribution >= 0.6 is 12.4 Å². The van der Waals surface area contributed by atoms with E-state index in [0.29, 0.717) is 5.75 Å². The van der Waals surface area contributed by atoms with Gasteiger partial charge in [-0.1, -0.05) is 36.4 Å². The minimum absolute atomic E-state index is 0. The molecule has 27 heavy (non-hydrogen) atoms. The second kappa shape index (κ2) is 10.1. The summed E-state index contributed by atoms with van der Waals surface area (Å²) in [7, 11) is 1.44. The van der Waals surface area contributed by atoms with E-state index >= 15 is 0 Å². The molecule has 0 aliphatic rings. The van der Waals surface area contributed by atoms with Crippen molar-refractivity contribution in [2.24, 2.45) is 5.73 Å². The maximum absolute atomic E-state index is 14.2. The Kier molecular flexibility index (Phi) is 8.46. The van der Waals surface area contributed by atoms with Gasteiger partial charge in [0.15, 0.2) is 11.5 Å². The summed E-state index contributed by atoms with van der Waals surface area (Å²) in [6.45, 7) is 1.52. The van der Waals surface area contributed by atoms with Crippen molar-refractivity contribution in [2.75, 3.05) is 13.7 Å². The van der Waals surface area contributed by atoms with E-state index in [1.165, 1.54) is 32.2 Å². The van der Waals surface area contributed by atoms with Gasteiger partial charge in [0, 0.05) is 0 Å². The van der Waals surface area contributed by atoms with Crippen LogP contribution in [0.2, 0.25) is 0 Å². The molecule has 5 nitrogen and oxygen atoms in total. The van der Waals surface area contributed by atoms with Crippen LogP contribution in [0.25, 0.3) is 0 Å². The molecule has 0 unspecified atom stereocenters. The van der Waals surface area contributed by atoms with E-state index in [-0.39, 0.29) is 36.9 Å². The van der Waals surface area contributed by atoms with Crippen LogP contribution in [-0.2, 0) is 16.1 Å². The van der Waals surface area contributed by atoms with Crippen LogP contribution in [0, 0.1) is 0 Å². The summed E-state index contributed by atoms with van der Waals surface area (Å²) in [5.41, 5.74) is 6.56. The van der Waals surface area contributed by atoms with E-state index in [1.54, 1.807) is 0 Å². The summed E-state index contributed by atoms with van der Waals surface area (Å²) in [5, 5.41) is 0. The number of esters is 1. The molecule has 2 aromatic rings. The number of carbonyl (C=O) groups is 1. The van der Waals surface area contributed by atoms with Crippen LogP contribution in [0.4, 0.5) is 8.78 Å². The fraction of sp³-hybridized carbons (Fsp3) is 0.316. The van der Waals surface area contributed by atoms with E-state index in [0.717, 1.165) is 5.56 Å². The maximum atomic E-state index is 14.2. The maximum Gasteiger partial charge on any atom is 0.379 e. The molecule has 0 saturated carbocycles. The third-order valence-electron chi connectivity index (χ3n) is 3.72. The van der Waals surface area contributed by atoms with Crippen LogP contribution in [0.15, 0.2) is 48.5 Å². The zero-order valence-corrected chi connectivity index (χ0v) is 15.8. The Labute approximate surface area is 162 Å². The number of hydrogen-bond donors (Lipinski definition) is 1. The van der Waals surface area contributed by atoms with Crippen LogP contribution in [0.1, 0.15) is 24.1 Å². The molecule has 148 valence electrons. The standard InChI is InChI=1S/C19H21F2NO4.ClH/c1-3-25-18(23)19(20,21)17(22)14-9-10-15(24-2)16(11-14)26-12-13-7-5-4-6-8-13;/h4-11,17H,3,12,22H2,1-2H3;1H/t17-;/m1./s1. The number of rotatable bonds is 8. The Morgan fingerprint density at radius 2 is 1.81 bits per heavy atom. The molecule has 0 amide bonds. The zero-order valence-electron chi connectivity index (χ0n) is 15.0. The smallest absolute Gasteiger partial charge is 0.379 e. The SMILES string of the molecule is CCOC(=O)C(F)(F)[C@H](N)c1ccc(OC)c(OCc2ccccc2)c1.Cl. The van der Waals surface area contributed by atoms with Crippen molar-refractivity contribution in [3.8, 4) is 11.5 Å². The lowest BCUT2D eigenvalue weighted by Gasteiger charge is -2.22. The number of benzene rings is 2. The van der Waals surface area contributed by atoms with Crippen molar-refractivity contribution < 1.29 is 27.8 Å². The number of carbonyl (C=O) groups excluding carboxylic acids is 1. The van der Waals surface area contributed by atoms with E-state index in [9.17, 15) is 13.6 Å². The van der Waals surface area contributed by atoms with Gasteiger partial charge in [-0.3, -0.25) is 0 Å². The number of halogens is 3. The summed E-state index contributed by atoms with van der Waals surface area (Å²) < 4.78 is 43.6. The highest BCUT2D eigenvalue weighted by Crippen LogP contribution is 2.36. The molecule has 2 aromatic carbocycles. The molecule has 1 atom stereocenters. The second-order valence-electron chi connectivity index (χ2n) is 5.51. The Balaban J connectivity index is 0.00000364. The Bertz CT molecular complexity index is 744. The first-order valence-corrected chi connectivity index (χ1v) is 8.05. The molecule has 0 aromatic heterocycles. The van der Waals surface area contributed by atoms with Gasteiger partial charge < -0.3 is 19.9 Å². The Morgan fingerprint density at radius 1 is 1.15 bits per heavy atom. The normalized spacial score (nSPS) is 11.9. The highest BCUT2D eigenvalue weighted by Gasteiger charge is 2.48. The van der Waals surface area contributed by atoms with Gasteiger partial charge in [-0.2, -0.15) is 8.78 Å². The molecule has 0 saturated heterocycles. The van der Waals surface area contributed by atoms with Gasteiger partial charge in [0.05, 0.1) is 13.7 Å². The van der Waals surface area contributed by atoms with Gasteiger partial charge in [-0.25, -0.2) is 4.79 Å². The molecule has 0 aliphatic heterocycles. The van der Waals surface area contributed by atoms with Crippen LogP contribution in [0.5, 0.6) is 11.5 Å². The summed E-state index contributed by atoms with van der Waals surface area (Å²) in [4.78, 5) is 11.5. The van der Waals surface area contributed by atoms with Crippen LogP contribution < -0.4 is 15.2 Å². The monoisotopic (exact) mass is 401 g/mol. The number of ether oxygens (including phenoxy) is 3. The molecular formula is C19H22ClF2NO4. The first kappa shape index (κ1) is 22.7. The average molecular weight is 402 g/mol. The van der Waals surface area contributed by atoms with E-state index in [2.05, 4.69) is 4.74 Å². The molecule has 0 aliphatic carbocycles. The Morgan fingerprint density at radius 3 is 2.41 bits per heavy atom. The number of hydrogen-bond acceptors (Lipinski definition) is 5. The molecule has 0 heterocycles. The molecule has 2 N–H and O–H groups in total. The first-order chi connectivity index (χ1) is 12.4. The molecule has 0 radical (unpaired) electrons. The quantitative estimate of drug-likeness (QED) is 0.679. The Hall–Kier alpha value is -2.38. The topological polar surface area (TPSA) is 70.8 Å². The van der Waals surface area contributed by atoms with Crippen LogP contribution in [-0.4, -0.2) is 25.6 Å². The van der Waals surface area contributed by atoms with Crippen molar-refractivity contribution in [3.05, 3.63) is 59.7 Å². The van der Waals surface area contributed by atoms with E-state index < -0.39 is 17.9 Å². The summed E-state index contributed by atoms with van der Waals surface area (Å²) in [6, 6.07) is 11.7. The summed E-state index contributed by atoms with van der Waals surface area (Å²) in [6.07, 6.45) is 0. The van der Waals surface area contributed by atoms with Gasteiger partial charge in [-0.15, -0.1) is 12.4 Å². The first-order valence-electron chi connectivity index (χ1n) is 8.05. The molecule has 2 rings (SSSR count). The number of nitrogens with two attached hydrogens (primary N) is 1. The van der Waals surface area contributed by atoms with Crippen molar-refractivity contribution in [1.82, 2.24) is 0 Å². The second-order valence-corrected chi connectivity index (χ2v) is 5.51. The van der Waals surface area contributed by atoms with Gasteiger partial charge in [0.1, 0.15) is 12.6 Å². The molecular weight excluding hydrogens is 380 g/mol. The summed E-state index contributed by atoms with van der Waals surface area (Å²) >= 11 is 0. The molecule has 8 heteroatoms. The van der Waals surface area contributed by atoms with Gasteiger partial charge in [-0.05, 0) is 30.2 Å². The number of alkyl halides is 2. The van der Waals surface area contributed by atoms with Crippen molar-refractivity contribution >= 4 is 18.4 Å². The highest BCUT2D eigenvalue weighted by atomic mass is 35.5.